The van der Waals surface area contributed by atoms with Crippen LogP contribution in [0.3, 0.4) is 0 Å². The number of rotatable bonds is 1. The number of halogens is 1. The summed E-state index contributed by atoms with van der Waals surface area (Å²) >= 11 is 5.49. The van der Waals surface area contributed by atoms with Crippen LogP contribution in [0.15, 0.2) is 12.2 Å². The summed E-state index contributed by atoms with van der Waals surface area (Å²) in [4.78, 5) is 0. The van der Waals surface area contributed by atoms with Crippen LogP contribution in [0, 0.1) is 0 Å². The van der Waals surface area contributed by atoms with Crippen LogP contribution in [-0.4, -0.2) is 18.6 Å². The van der Waals surface area contributed by atoms with Crippen molar-refractivity contribution >= 4 is 11.6 Å². The lowest BCUT2D eigenvalue weighted by Gasteiger charge is -1.84. The lowest BCUT2D eigenvalue weighted by molar-refractivity contribution is 0.198. The Morgan fingerprint density at radius 1 is 1.36 bits per heavy atom. The Balaban J connectivity index is 0.000000183. The minimum Gasteiger partial charge on any atom is -0.381 e. The lowest BCUT2D eigenvalue weighted by atomic mass is 10.4. The Kier molecular flexibility index (Phi) is 8.08. The van der Waals surface area contributed by atoms with Gasteiger partial charge in [0, 0.05) is 18.6 Å². The first-order valence-corrected chi connectivity index (χ1v) is 4.55. The van der Waals surface area contributed by atoms with Gasteiger partial charge in [-0.05, 0) is 26.7 Å². The van der Waals surface area contributed by atoms with Crippen LogP contribution >= 0.6 is 11.6 Å². The van der Waals surface area contributed by atoms with E-state index in [0.29, 0.717) is 0 Å². The largest absolute Gasteiger partial charge is 0.381 e. The first-order valence-electron chi connectivity index (χ1n) is 4.12. The quantitative estimate of drug-likeness (QED) is 0.441. The molecule has 0 spiro atoms. The van der Waals surface area contributed by atoms with Gasteiger partial charge in [0.15, 0.2) is 0 Å². The van der Waals surface area contributed by atoms with Crippen LogP contribution in [0.1, 0.15) is 26.7 Å². The third kappa shape index (κ3) is 9.99. The maximum atomic E-state index is 5.49. The van der Waals surface area contributed by atoms with Gasteiger partial charge in [-0.2, -0.15) is 0 Å². The number of allylic oxidation sites excluding steroid dienone is 2. The summed E-state index contributed by atoms with van der Waals surface area (Å²) in [5.41, 5.74) is 0. The molecule has 1 nitrogen and oxygen atoms in total. The van der Waals surface area contributed by atoms with E-state index >= 15 is 0 Å². The molecule has 0 amide bonds. The predicted octanol–water partition coefficient (Wildman–Crippen LogP) is 2.99. The third-order valence-corrected chi connectivity index (χ3v) is 1.43. The molecule has 1 heterocycles. The fraction of sp³-hybridized carbons (Fsp3) is 0.778. The Bertz CT molecular complexity index is 88.1. The summed E-state index contributed by atoms with van der Waals surface area (Å²) in [6.07, 6.45) is 6.43. The summed E-state index contributed by atoms with van der Waals surface area (Å²) < 4.78 is 4.94. The maximum Gasteiger partial charge on any atom is 0.0487 e. The van der Waals surface area contributed by atoms with Crippen molar-refractivity contribution in [3.8, 4) is 0 Å². The van der Waals surface area contributed by atoms with E-state index in [1.165, 1.54) is 12.8 Å². The van der Waals surface area contributed by atoms with Crippen molar-refractivity contribution in [1.29, 1.82) is 0 Å². The standard InChI is InChI=1S/C5H9Cl.C4H8O/c1-3-4-5(2)6;1-2-4-5-3-1/h3-5H,1-2H3;1-4H2. The highest BCUT2D eigenvalue weighted by molar-refractivity contribution is 6.21. The van der Waals surface area contributed by atoms with Gasteiger partial charge in [-0.1, -0.05) is 12.2 Å². The Morgan fingerprint density at radius 3 is 2.00 bits per heavy atom. The van der Waals surface area contributed by atoms with E-state index in [9.17, 15) is 0 Å². The van der Waals surface area contributed by atoms with E-state index in [1.54, 1.807) is 0 Å². The van der Waals surface area contributed by atoms with E-state index < -0.39 is 0 Å². The molecule has 0 aromatic heterocycles. The van der Waals surface area contributed by atoms with Gasteiger partial charge < -0.3 is 4.74 Å². The van der Waals surface area contributed by atoms with Gasteiger partial charge in [-0.25, -0.2) is 0 Å². The highest BCUT2D eigenvalue weighted by atomic mass is 35.5. The van der Waals surface area contributed by atoms with E-state index in [4.69, 9.17) is 16.3 Å². The van der Waals surface area contributed by atoms with E-state index in [1.807, 2.05) is 26.0 Å². The molecule has 1 saturated heterocycles. The molecular formula is C9H17ClO. The van der Waals surface area contributed by atoms with Gasteiger partial charge in [-0.15, -0.1) is 11.6 Å². The van der Waals surface area contributed by atoms with Crippen LogP contribution in [0.2, 0.25) is 0 Å². The highest BCUT2D eigenvalue weighted by Gasteiger charge is 1.94. The molecule has 1 atom stereocenters. The summed E-state index contributed by atoms with van der Waals surface area (Å²) in [7, 11) is 0. The van der Waals surface area contributed by atoms with Crippen LogP contribution in [-0.2, 0) is 4.74 Å². The van der Waals surface area contributed by atoms with E-state index in [-0.39, 0.29) is 5.38 Å². The third-order valence-electron chi connectivity index (χ3n) is 1.28. The van der Waals surface area contributed by atoms with Gasteiger partial charge >= 0.3 is 0 Å². The number of hydrogen-bond donors (Lipinski definition) is 0. The maximum absolute atomic E-state index is 5.49. The van der Waals surface area contributed by atoms with Crippen molar-refractivity contribution in [3.63, 3.8) is 0 Å². The van der Waals surface area contributed by atoms with Crippen molar-refractivity contribution in [2.24, 2.45) is 0 Å². The van der Waals surface area contributed by atoms with E-state index in [2.05, 4.69) is 0 Å². The van der Waals surface area contributed by atoms with Crippen molar-refractivity contribution < 1.29 is 4.74 Å². The number of hydrogen-bond acceptors (Lipinski definition) is 1. The average Bonchev–Trinajstić information content (AvgIpc) is 2.41. The fourth-order valence-corrected chi connectivity index (χ4v) is 0.921. The van der Waals surface area contributed by atoms with Crippen molar-refractivity contribution in [1.82, 2.24) is 0 Å². The first kappa shape index (κ1) is 11.0. The van der Waals surface area contributed by atoms with Gasteiger partial charge in [0.05, 0.1) is 0 Å². The molecule has 0 aromatic rings. The topological polar surface area (TPSA) is 9.23 Å². The Hall–Kier alpha value is -0.0100. The molecule has 0 aliphatic carbocycles. The minimum atomic E-state index is 0.190. The zero-order valence-electron chi connectivity index (χ0n) is 7.35. The molecule has 1 rings (SSSR count). The van der Waals surface area contributed by atoms with Crippen LogP contribution in [0.25, 0.3) is 0 Å². The normalized spacial score (nSPS) is 19.5. The molecule has 2 heteroatoms. The molecule has 1 aliphatic heterocycles. The second kappa shape index (κ2) is 8.09. The Morgan fingerprint density at radius 2 is 1.91 bits per heavy atom. The molecule has 66 valence electrons. The van der Waals surface area contributed by atoms with Crippen LogP contribution in [0.4, 0.5) is 0 Å². The van der Waals surface area contributed by atoms with Gasteiger partial charge in [0.2, 0.25) is 0 Å². The number of ether oxygens (including phenoxy) is 1. The van der Waals surface area contributed by atoms with Crippen molar-refractivity contribution in [2.75, 3.05) is 13.2 Å². The van der Waals surface area contributed by atoms with Crippen molar-refractivity contribution in [3.05, 3.63) is 12.2 Å². The molecule has 1 unspecified atom stereocenters. The van der Waals surface area contributed by atoms with Crippen molar-refractivity contribution in [2.45, 2.75) is 32.1 Å². The highest BCUT2D eigenvalue weighted by Crippen LogP contribution is 1.98. The second-order valence-corrected chi connectivity index (χ2v) is 3.21. The fourth-order valence-electron chi connectivity index (χ4n) is 0.775. The smallest absolute Gasteiger partial charge is 0.0487 e. The zero-order chi connectivity index (χ0) is 8.53. The lowest BCUT2D eigenvalue weighted by Crippen LogP contribution is -1.77. The van der Waals surface area contributed by atoms with Gasteiger partial charge in [0.1, 0.15) is 0 Å². The van der Waals surface area contributed by atoms with Crippen LogP contribution < -0.4 is 0 Å². The molecular weight excluding hydrogens is 160 g/mol. The minimum absolute atomic E-state index is 0.190. The summed E-state index contributed by atoms with van der Waals surface area (Å²) in [6.45, 7) is 5.89. The molecule has 0 N–H and O–H groups in total. The summed E-state index contributed by atoms with van der Waals surface area (Å²) in [5.74, 6) is 0. The zero-order valence-corrected chi connectivity index (χ0v) is 8.10. The van der Waals surface area contributed by atoms with Gasteiger partial charge in [-0.3, -0.25) is 0 Å². The Labute approximate surface area is 74.4 Å². The van der Waals surface area contributed by atoms with Crippen LogP contribution in [0.5, 0.6) is 0 Å². The molecule has 1 fully saturated rings. The summed E-state index contributed by atoms with van der Waals surface area (Å²) in [5, 5.41) is 0.190. The predicted molar refractivity (Wildman–Crippen MR) is 50.2 cm³/mol. The number of alkyl halides is 1. The summed E-state index contributed by atoms with van der Waals surface area (Å²) in [6, 6.07) is 0. The second-order valence-electron chi connectivity index (χ2n) is 2.52. The average molecular weight is 177 g/mol. The molecule has 0 aromatic carbocycles. The molecule has 0 bridgehead atoms. The molecule has 0 saturated carbocycles. The first-order chi connectivity index (χ1) is 5.27. The molecule has 0 radical (unpaired) electrons. The monoisotopic (exact) mass is 176 g/mol. The molecule has 11 heavy (non-hydrogen) atoms. The van der Waals surface area contributed by atoms with Gasteiger partial charge in [0.25, 0.3) is 0 Å². The SMILES string of the molecule is C1CCOC1.CC=CC(C)Cl. The van der Waals surface area contributed by atoms with E-state index in [0.717, 1.165) is 13.2 Å². The molecule has 1 aliphatic rings.